The fourth-order valence-corrected chi connectivity index (χ4v) is 4.35. The predicted octanol–water partition coefficient (Wildman–Crippen LogP) is 4.35. The van der Waals surface area contributed by atoms with Gasteiger partial charge in [-0.15, -0.1) is 0 Å². The fourth-order valence-electron chi connectivity index (χ4n) is 4.35. The lowest BCUT2D eigenvalue weighted by molar-refractivity contribution is -0.144. The number of ether oxygens (including phenoxy) is 1. The van der Waals surface area contributed by atoms with E-state index in [9.17, 15) is 9.59 Å². The molecule has 0 aromatic heterocycles. The van der Waals surface area contributed by atoms with Gasteiger partial charge in [0.05, 0.1) is 17.0 Å². The van der Waals surface area contributed by atoms with Gasteiger partial charge in [0.25, 0.3) is 5.91 Å². The maximum Gasteiger partial charge on any atom is 0.313 e. The highest BCUT2D eigenvalue weighted by Crippen LogP contribution is 2.44. The van der Waals surface area contributed by atoms with Crippen LogP contribution >= 0.6 is 0 Å². The Morgan fingerprint density at radius 2 is 1.65 bits per heavy atom. The predicted molar refractivity (Wildman–Crippen MR) is 102 cm³/mol. The van der Waals surface area contributed by atoms with Crippen molar-refractivity contribution in [1.82, 2.24) is 5.32 Å². The third-order valence-electron chi connectivity index (χ3n) is 5.55. The van der Waals surface area contributed by atoms with E-state index in [0.717, 1.165) is 54.4 Å². The molecule has 0 bridgehead atoms. The largest absolute Gasteiger partial charge is 0.427 e. The molecule has 1 aliphatic heterocycles. The molecule has 1 fully saturated rings. The number of rotatable bonds is 3. The first-order valence-electron chi connectivity index (χ1n) is 9.62. The van der Waals surface area contributed by atoms with Gasteiger partial charge in [0, 0.05) is 0 Å². The second kappa shape index (κ2) is 6.90. The summed E-state index contributed by atoms with van der Waals surface area (Å²) in [6, 6.07) is 4.16. The number of esters is 1. The molecule has 1 saturated carbocycles. The van der Waals surface area contributed by atoms with Crippen LogP contribution in [-0.2, 0) is 14.3 Å². The molecule has 0 saturated heterocycles. The smallest absolute Gasteiger partial charge is 0.313 e. The van der Waals surface area contributed by atoms with Gasteiger partial charge in [0.2, 0.25) is 0 Å². The zero-order chi connectivity index (χ0) is 19.1. The summed E-state index contributed by atoms with van der Waals surface area (Å²) in [5.74, 6) is -0.0777. The van der Waals surface area contributed by atoms with Gasteiger partial charge in [0.15, 0.2) is 0 Å². The van der Waals surface area contributed by atoms with Crippen LogP contribution in [0.2, 0.25) is 0 Å². The molecule has 3 rings (SSSR count). The molecule has 0 atom stereocenters. The summed E-state index contributed by atoms with van der Waals surface area (Å²) < 4.78 is 5.90. The minimum absolute atomic E-state index is 0.117. The molecule has 1 aromatic rings. The molecule has 0 unspecified atom stereocenters. The molecule has 1 heterocycles. The number of hydrogen-bond acceptors (Lipinski definition) is 3. The average Bonchev–Trinajstić information content (AvgIpc) is 2.79. The van der Waals surface area contributed by atoms with E-state index in [2.05, 4.69) is 24.4 Å². The molecular weight excluding hydrogens is 326 g/mol. The Labute approximate surface area is 156 Å². The van der Waals surface area contributed by atoms with E-state index in [-0.39, 0.29) is 17.8 Å². The molecule has 1 aromatic carbocycles. The van der Waals surface area contributed by atoms with Gasteiger partial charge in [-0.05, 0) is 50.3 Å². The lowest BCUT2D eigenvalue weighted by Crippen LogP contribution is -2.47. The SMILES string of the molecule is Cc1cc(C)c(C2=C(OC(=O)C(C)C)C3(CCCCC3)NC2=O)c(C)c1. The van der Waals surface area contributed by atoms with Gasteiger partial charge in [-0.2, -0.15) is 0 Å². The maximum atomic E-state index is 13.0. The Morgan fingerprint density at radius 1 is 1.08 bits per heavy atom. The molecule has 4 nitrogen and oxygen atoms in total. The van der Waals surface area contributed by atoms with Crippen molar-refractivity contribution in [3.05, 3.63) is 40.1 Å². The van der Waals surface area contributed by atoms with Crippen molar-refractivity contribution < 1.29 is 14.3 Å². The Kier molecular flexibility index (Phi) is 4.96. The van der Waals surface area contributed by atoms with Crippen LogP contribution in [0, 0.1) is 26.7 Å². The zero-order valence-electron chi connectivity index (χ0n) is 16.5. The fraction of sp³-hybridized carbons (Fsp3) is 0.545. The van der Waals surface area contributed by atoms with Gasteiger partial charge in [0.1, 0.15) is 5.76 Å². The third kappa shape index (κ3) is 3.17. The number of carbonyl (C=O) groups is 2. The second-order valence-electron chi connectivity index (χ2n) is 8.15. The van der Waals surface area contributed by atoms with Crippen molar-refractivity contribution in [2.45, 2.75) is 72.3 Å². The average molecular weight is 355 g/mol. The summed E-state index contributed by atoms with van der Waals surface area (Å²) in [6.45, 7) is 9.73. The molecule has 1 aliphatic carbocycles. The van der Waals surface area contributed by atoms with Crippen molar-refractivity contribution in [3.8, 4) is 0 Å². The van der Waals surface area contributed by atoms with Crippen LogP contribution in [0.25, 0.3) is 5.57 Å². The standard InChI is InChI=1S/C22H29NO3/c1-13(2)21(25)26-19-18(17-15(4)11-14(3)12-16(17)5)20(24)23-22(19)9-7-6-8-10-22/h11-13H,6-10H2,1-5H3,(H,23,24). The first kappa shape index (κ1) is 18.7. The van der Waals surface area contributed by atoms with Crippen molar-refractivity contribution in [2.24, 2.45) is 5.92 Å². The van der Waals surface area contributed by atoms with Crippen LogP contribution < -0.4 is 5.32 Å². The van der Waals surface area contributed by atoms with Crippen molar-refractivity contribution >= 4 is 17.4 Å². The summed E-state index contributed by atoms with van der Waals surface area (Å²) in [7, 11) is 0. The molecule has 2 aliphatic rings. The summed E-state index contributed by atoms with van der Waals surface area (Å²) >= 11 is 0. The molecule has 26 heavy (non-hydrogen) atoms. The highest BCUT2D eigenvalue weighted by molar-refractivity contribution is 6.24. The van der Waals surface area contributed by atoms with E-state index in [1.807, 2.05) is 27.7 Å². The Hall–Kier alpha value is -2.10. The number of benzene rings is 1. The maximum absolute atomic E-state index is 13.0. The third-order valence-corrected chi connectivity index (χ3v) is 5.55. The van der Waals surface area contributed by atoms with Crippen LogP contribution in [0.5, 0.6) is 0 Å². The van der Waals surface area contributed by atoms with E-state index in [1.54, 1.807) is 0 Å². The lowest BCUT2D eigenvalue weighted by Gasteiger charge is -2.35. The number of nitrogens with one attached hydrogen (secondary N) is 1. The van der Waals surface area contributed by atoms with Crippen molar-refractivity contribution in [3.63, 3.8) is 0 Å². The van der Waals surface area contributed by atoms with E-state index in [4.69, 9.17) is 4.74 Å². The molecule has 4 heteroatoms. The lowest BCUT2D eigenvalue weighted by atomic mass is 9.80. The summed E-state index contributed by atoms with van der Waals surface area (Å²) in [6.07, 6.45) is 4.87. The van der Waals surface area contributed by atoms with Crippen molar-refractivity contribution in [2.75, 3.05) is 0 Å². The normalized spacial score (nSPS) is 19.2. The zero-order valence-corrected chi connectivity index (χ0v) is 16.5. The van der Waals surface area contributed by atoms with E-state index in [1.165, 1.54) is 0 Å². The Balaban J connectivity index is 2.20. The molecule has 140 valence electrons. The van der Waals surface area contributed by atoms with Gasteiger partial charge in [-0.25, -0.2) is 0 Å². The molecular formula is C22H29NO3. The number of aryl methyl sites for hydroxylation is 3. The topological polar surface area (TPSA) is 55.4 Å². The molecule has 1 N–H and O–H groups in total. The first-order valence-corrected chi connectivity index (χ1v) is 9.62. The molecule has 1 spiro atoms. The van der Waals surface area contributed by atoms with Gasteiger partial charge in [-0.1, -0.05) is 50.8 Å². The monoisotopic (exact) mass is 355 g/mol. The van der Waals surface area contributed by atoms with E-state index in [0.29, 0.717) is 11.3 Å². The number of amides is 1. The summed E-state index contributed by atoms with van der Waals surface area (Å²) in [4.78, 5) is 25.5. The van der Waals surface area contributed by atoms with Crippen LogP contribution in [0.3, 0.4) is 0 Å². The summed E-state index contributed by atoms with van der Waals surface area (Å²) in [5.41, 5.74) is 4.17. The van der Waals surface area contributed by atoms with Crippen LogP contribution in [-0.4, -0.2) is 17.4 Å². The Morgan fingerprint density at radius 3 is 2.19 bits per heavy atom. The minimum Gasteiger partial charge on any atom is -0.427 e. The Bertz CT molecular complexity index is 760. The number of carbonyl (C=O) groups excluding carboxylic acids is 2. The number of hydrogen-bond donors (Lipinski definition) is 1. The summed E-state index contributed by atoms with van der Waals surface area (Å²) in [5, 5.41) is 3.19. The van der Waals surface area contributed by atoms with Gasteiger partial charge < -0.3 is 10.1 Å². The van der Waals surface area contributed by atoms with E-state index < -0.39 is 5.54 Å². The minimum atomic E-state index is -0.529. The van der Waals surface area contributed by atoms with E-state index >= 15 is 0 Å². The van der Waals surface area contributed by atoms with Gasteiger partial charge in [-0.3, -0.25) is 9.59 Å². The van der Waals surface area contributed by atoms with Crippen LogP contribution in [0.15, 0.2) is 17.9 Å². The first-order chi connectivity index (χ1) is 12.2. The highest BCUT2D eigenvalue weighted by atomic mass is 16.5. The van der Waals surface area contributed by atoms with Crippen LogP contribution in [0.4, 0.5) is 0 Å². The molecule has 1 amide bonds. The van der Waals surface area contributed by atoms with Crippen LogP contribution in [0.1, 0.15) is 68.2 Å². The molecule has 0 radical (unpaired) electrons. The van der Waals surface area contributed by atoms with Crippen molar-refractivity contribution in [1.29, 1.82) is 0 Å². The van der Waals surface area contributed by atoms with Gasteiger partial charge >= 0.3 is 5.97 Å². The highest BCUT2D eigenvalue weighted by Gasteiger charge is 2.49. The quantitative estimate of drug-likeness (QED) is 0.820. The second-order valence-corrected chi connectivity index (χ2v) is 8.15.